The molecule has 0 fully saturated rings. The number of pyridine rings is 1. The Morgan fingerprint density at radius 2 is 2.08 bits per heavy atom. The highest BCUT2D eigenvalue weighted by atomic mass is 32.1. The van der Waals surface area contributed by atoms with Gasteiger partial charge in [-0.05, 0) is 31.2 Å². The predicted molar refractivity (Wildman–Crippen MR) is 87.1 cm³/mol. The fourth-order valence-corrected chi connectivity index (χ4v) is 3.56. The quantitative estimate of drug-likeness (QED) is 0.712. The van der Waals surface area contributed by atoms with Crippen LogP contribution in [0.15, 0.2) is 36.5 Å². The lowest BCUT2D eigenvalue weighted by atomic mass is 10.1. The number of nitrogens with zero attached hydrogens (tertiary/aromatic N) is 1. The van der Waals surface area contributed by atoms with Crippen LogP contribution in [0.3, 0.4) is 0 Å². The van der Waals surface area contributed by atoms with Crippen molar-refractivity contribution in [2.24, 2.45) is 0 Å². The second-order valence-corrected chi connectivity index (χ2v) is 6.55. The molecule has 0 spiro atoms. The summed E-state index contributed by atoms with van der Waals surface area (Å²) in [5.41, 5.74) is -0.897. The van der Waals surface area contributed by atoms with Gasteiger partial charge in [-0.25, -0.2) is 4.79 Å². The van der Waals surface area contributed by atoms with Gasteiger partial charge in [0.1, 0.15) is 12.4 Å². The van der Waals surface area contributed by atoms with E-state index >= 15 is 0 Å². The Kier molecular flexibility index (Phi) is 4.38. The number of aromatic carboxylic acids is 1. The van der Waals surface area contributed by atoms with Gasteiger partial charge in [0.2, 0.25) is 0 Å². The van der Waals surface area contributed by atoms with Crippen molar-refractivity contribution in [3.05, 3.63) is 58.2 Å². The topological polar surface area (TPSA) is 59.4 Å². The van der Waals surface area contributed by atoms with Gasteiger partial charge >= 0.3 is 12.1 Å². The second kappa shape index (κ2) is 6.36. The molecular formula is C17H12F3NO3S. The fraction of sp³-hybridized carbons (Fsp3) is 0.176. The lowest BCUT2D eigenvalue weighted by Crippen LogP contribution is -2.13. The van der Waals surface area contributed by atoms with Crippen molar-refractivity contribution < 1.29 is 27.8 Å². The van der Waals surface area contributed by atoms with Crippen molar-refractivity contribution in [3.8, 4) is 5.75 Å². The number of ether oxygens (including phenoxy) is 1. The largest absolute Gasteiger partial charge is 0.489 e. The zero-order chi connectivity index (χ0) is 18.2. The number of hydrogen-bond donors (Lipinski definition) is 1. The number of halogens is 3. The smallest absolute Gasteiger partial charge is 0.433 e. The van der Waals surface area contributed by atoms with Crippen LogP contribution < -0.4 is 4.74 Å². The molecule has 0 saturated carbocycles. The third-order valence-electron chi connectivity index (χ3n) is 3.60. The summed E-state index contributed by atoms with van der Waals surface area (Å²) < 4.78 is 45.1. The molecule has 1 N–H and O–H groups in total. The van der Waals surface area contributed by atoms with Gasteiger partial charge in [-0.2, -0.15) is 13.2 Å². The van der Waals surface area contributed by atoms with E-state index in [0.717, 1.165) is 10.9 Å². The monoisotopic (exact) mass is 367 g/mol. The van der Waals surface area contributed by atoms with Gasteiger partial charge < -0.3 is 9.84 Å². The molecule has 0 unspecified atom stereocenters. The summed E-state index contributed by atoms with van der Waals surface area (Å²) in [5, 5.41) is 9.82. The molecular weight excluding hydrogens is 355 g/mol. The summed E-state index contributed by atoms with van der Waals surface area (Å²) in [7, 11) is 0. The van der Waals surface area contributed by atoms with E-state index < -0.39 is 17.8 Å². The molecule has 0 saturated heterocycles. The SMILES string of the molecule is Cc1sc2ccc(OCc3cccnc3C(F)(F)F)cc2c1C(=O)O. The molecule has 0 amide bonds. The van der Waals surface area contributed by atoms with Crippen molar-refractivity contribution >= 4 is 27.4 Å². The zero-order valence-corrected chi connectivity index (χ0v) is 13.7. The molecule has 3 aromatic rings. The van der Waals surface area contributed by atoms with Crippen LogP contribution in [-0.2, 0) is 12.8 Å². The Morgan fingerprint density at radius 3 is 2.76 bits per heavy atom. The second-order valence-electron chi connectivity index (χ2n) is 5.29. The summed E-state index contributed by atoms with van der Waals surface area (Å²) in [4.78, 5) is 15.4. The standard InChI is InChI=1S/C17H12F3NO3S/c1-9-14(16(22)23)12-7-11(4-5-13(12)25-9)24-8-10-3-2-6-21-15(10)17(18,19)20/h2-7H,8H2,1H3,(H,22,23). The molecule has 1 aromatic carbocycles. The Balaban J connectivity index is 1.90. The number of carboxylic acids is 1. The van der Waals surface area contributed by atoms with Crippen LogP contribution in [0.5, 0.6) is 5.75 Å². The van der Waals surface area contributed by atoms with Crippen LogP contribution in [0.4, 0.5) is 13.2 Å². The molecule has 0 bridgehead atoms. The van der Waals surface area contributed by atoms with Crippen molar-refractivity contribution in [2.45, 2.75) is 19.7 Å². The highest BCUT2D eigenvalue weighted by Crippen LogP contribution is 2.34. The molecule has 2 aromatic heterocycles. The summed E-state index contributed by atoms with van der Waals surface area (Å²) in [6, 6.07) is 7.54. The van der Waals surface area contributed by atoms with E-state index in [9.17, 15) is 23.1 Å². The number of benzene rings is 1. The van der Waals surface area contributed by atoms with E-state index in [1.807, 2.05) is 0 Å². The van der Waals surface area contributed by atoms with Crippen LogP contribution in [0.25, 0.3) is 10.1 Å². The Hall–Kier alpha value is -2.61. The Morgan fingerprint density at radius 1 is 1.32 bits per heavy atom. The van der Waals surface area contributed by atoms with Gasteiger partial charge in [-0.15, -0.1) is 11.3 Å². The van der Waals surface area contributed by atoms with E-state index in [-0.39, 0.29) is 17.7 Å². The third-order valence-corrected chi connectivity index (χ3v) is 4.69. The minimum absolute atomic E-state index is 0.0879. The molecule has 0 atom stereocenters. The molecule has 0 aliphatic carbocycles. The first kappa shape index (κ1) is 17.2. The van der Waals surface area contributed by atoms with Gasteiger partial charge in [-0.1, -0.05) is 6.07 Å². The first-order valence-corrected chi connectivity index (χ1v) is 7.99. The molecule has 3 rings (SSSR count). The molecule has 25 heavy (non-hydrogen) atoms. The van der Waals surface area contributed by atoms with Gasteiger partial charge in [-0.3, -0.25) is 4.98 Å². The lowest BCUT2D eigenvalue weighted by molar-refractivity contribution is -0.142. The van der Waals surface area contributed by atoms with E-state index in [2.05, 4.69) is 4.98 Å². The molecule has 130 valence electrons. The average Bonchev–Trinajstić information content (AvgIpc) is 2.87. The van der Waals surface area contributed by atoms with E-state index in [1.54, 1.807) is 19.1 Å². The number of thiophene rings is 1. The highest BCUT2D eigenvalue weighted by molar-refractivity contribution is 7.19. The van der Waals surface area contributed by atoms with Gasteiger partial charge in [0, 0.05) is 26.7 Å². The van der Waals surface area contributed by atoms with E-state index in [1.165, 1.54) is 29.5 Å². The highest BCUT2D eigenvalue weighted by Gasteiger charge is 2.35. The summed E-state index contributed by atoms with van der Waals surface area (Å²) in [5.74, 6) is -0.753. The molecule has 8 heteroatoms. The Labute approximate surface area is 144 Å². The van der Waals surface area contributed by atoms with Gasteiger partial charge in [0.05, 0.1) is 5.56 Å². The van der Waals surface area contributed by atoms with Crippen LogP contribution >= 0.6 is 11.3 Å². The number of alkyl halides is 3. The molecule has 0 radical (unpaired) electrons. The van der Waals surface area contributed by atoms with Crippen molar-refractivity contribution in [3.63, 3.8) is 0 Å². The van der Waals surface area contributed by atoms with Crippen LogP contribution in [0.2, 0.25) is 0 Å². The average molecular weight is 367 g/mol. The fourth-order valence-electron chi connectivity index (χ4n) is 2.53. The first-order valence-electron chi connectivity index (χ1n) is 7.17. The number of fused-ring (bicyclic) bond motifs is 1. The van der Waals surface area contributed by atoms with Crippen molar-refractivity contribution in [2.75, 3.05) is 0 Å². The summed E-state index contributed by atoms with van der Waals surface area (Å²) >= 11 is 1.34. The van der Waals surface area contributed by atoms with Gasteiger partial charge in [0.25, 0.3) is 0 Å². The minimum atomic E-state index is -4.56. The zero-order valence-electron chi connectivity index (χ0n) is 12.9. The van der Waals surface area contributed by atoms with E-state index in [4.69, 9.17) is 4.74 Å². The summed E-state index contributed by atoms with van der Waals surface area (Å²) in [6.07, 6.45) is -3.49. The summed E-state index contributed by atoms with van der Waals surface area (Å²) in [6.45, 7) is 1.39. The normalized spacial score (nSPS) is 11.7. The maximum Gasteiger partial charge on any atom is 0.433 e. The van der Waals surface area contributed by atoms with E-state index in [0.29, 0.717) is 16.0 Å². The lowest BCUT2D eigenvalue weighted by Gasteiger charge is -2.12. The minimum Gasteiger partial charge on any atom is -0.489 e. The molecule has 0 aliphatic rings. The van der Waals surface area contributed by atoms with Crippen LogP contribution in [0.1, 0.15) is 26.5 Å². The third kappa shape index (κ3) is 3.43. The Bertz CT molecular complexity index is 950. The van der Waals surface area contributed by atoms with Crippen molar-refractivity contribution in [1.82, 2.24) is 4.98 Å². The maximum absolute atomic E-state index is 12.9. The number of carboxylic acid groups (broad SMARTS) is 1. The first-order chi connectivity index (χ1) is 11.8. The number of rotatable bonds is 4. The van der Waals surface area contributed by atoms with Gasteiger partial charge in [0.15, 0.2) is 5.69 Å². The maximum atomic E-state index is 12.9. The molecule has 2 heterocycles. The predicted octanol–water partition coefficient (Wildman–Crippen LogP) is 4.90. The molecule has 4 nitrogen and oxygen atoms in total. The number of aromatic nitrogens is 1. The van der Waals surface area contributed by atoms with Crippen LogP contribution in [-0.4, -0.2) is 16.1 Å². The number of hydrogen-bond acceptors (Lipinski definition) is 4. The number of carbonyl (C=O) groups is 1. The number of aryl methyl sites for hydroxylation is 1. The van der Waals surface area contributed by atoms with Crippen LogP contribution in [0, 0.1) is 6.92 Å². The molecule has 0 aliphatic heterocycles. The van der Waals surface area contributed by atoms with Crippen molar-refractivity contribution in [1.29, 1.82) is 0 Å².